The van der Waals surface area contributed by atoms with Crippen LogP contribution in [0.2, 0.25) is 0 Å². The summed E-state index contributed by atoms with van der Waals surface area (Å²) in [5.41, 5.74) is 3.09. The molecule has 1 heterocycles. The number of amides is 2. The van der Waals surface area contributed by atoms with E-state index in [0.717, 1.165) is 11.3 Å². The van der Waals surface area contributed by atoms with Crippen LogP contribution in [0.15, 0.2) is 72.8 Å². The fourth-order valence-electron chi connectivity index (χ4n) is 3.29. The zero-order chi connectivity index (χ0) is 19.5. The number of carbonyl (C=O) groups is 2. The van der Waals surface area contributed by atoms with E-state index < -0.39 is 0 Å². The molecule has 3 aromatic carbocycles. The van der Waals surface area contributed by atoms with Gasteiger partial charge in [0.1, 0.15) is 11.5 Å². The molecule has 1 aliphatic rings. The predicted molar refractivity (Wildman–Crippen MR) is 109 cm³/mol. The van der Waals surface area contributed by atoms with E-state index in [4.69, 9.17) is 4.74 Å². The highest BCUT2D eigenvalue weighted by Gasteiger charge is 2.21. The van der Waals surface area contributed by atoms with E-state index in [1.165, 1.54) is 0 Å². The molecule has 3 aromatic rings. The molecule has 0 saturated carbocycles. The van der Waals surface area contributed by atoms with Gasteiger partial charge in [0.05, 0.1) is 5.56 Å². The Bertz CT molecular complexity index is 1030. The Kier molecular flexibility index (Phi) is 4.81. The van der Waals surface area contributed by atoms with Gasteiger partial charge in [-0.1, -0.05) is 30.3 Å². The van der Waals surface area contributed by atoms with Crippen LogP contribution in [0.4, 0.5) is 11.4 Å². The number of para-hydroxylation sites is 2. The maximum atomic E-state index is 12.9. The third-order valence-electron chi connectivity index (χ3n) is 4.78. The molecule has 140 valence electrons. The van der Waals surface area contributed by atoms with Gasteiger partial charge in [0.25, 0.3) is 5.91 Å². The van der Waals surface area contributed by atoms with Crippen LogP contribution in [-0.2, 0) is 11.2 Å². The molecule has 0 atom stereocenters. The van der Waals surface area contributed by atoms with Crippen molar-refractivity contribution in [1.82, 2.24) is 0 Å². The average Bonchev–Trinajstić information content (AvgIpc) is 2.72. The molecule has 28 heavy (non-hydrogen) atoms. The lowest BCUT2D eigenvalue weighted by Crippen LogP contribution is -2.31. The maximum Gasteiger partial charge on any atom is 0.259 e. The minimum absolute atomic E-state index is 0.108. The van der Waals surface area contributed by atoms with Crippen molar-refractivity contribution in [2.75, 3.05) is 17.3 Å². The number of ether oxygens (including phenoxy) is 1. The lowest BCUT2D eigenvalue weighted by molar-refractivity contribution is -0.118. The van der Waals surface area contributed by atoms with Gasteiger partial charge in [0, 0.05) is 24.8 Å². The lowest BCUT2D eigenvalue weighted by Gasteiger charge is -2.26. The summed E-state index contributed by atoms with van der Waals surface area (Å²) >= 11 is 0. The van der Waals surface area contributed by atoms with E-state index >= 15 is 0 Å². The van der Waals surface area contributed by atoms with Gasteiger partial charge < -0.3 is 15.0 Å². The number of hydrogen-bond acceptors (Lipinski definition) is 3. The summed E-state index contributed by atoms with van der Waals surface area (Å²) in [5.74, 6) is 1.03. The highest BCUT2D eigenvalue weighted by atomic mass is 16.5. The largest absolute Gasteiger partial charge is 0.457 e. The minimum Gasteiger partial charge on any atom is -0.457 e. The summed E-state index contributed by atoms with van der Waals surface area (Å²) in [6.45, 7) is 0. The fraction of sp³-hybridized carbons (Fsp3) is 0.130. The van der Waals surface area contributed by atoms with Crippen LogP contribution < -0.4 is 15.0 Å². The Morgan fingerprint density at radius 1 is 0.964 bits per heavy atom. The van der Waals surface area contributed by atoms with Crippen LogP contribution >= 0.6 is 0 Å². The lowest BCUT2D eigenvalue weighted by atomic mass is 10.0. The molecule has 2 amide bonds. The van der Waals surface area contributed by atoms with Crippen molar-refractivity contribution in [2.24, 2.45) is 0 Å². The highest BCUT2D eigenvalue weighted by molar-refractivity contribution is 6.06. The average molecular weight is 372 g/mol. The van der Waals surface area contributed by atoms with Crippen molar-refractivity contribution in [1.29, 1.82) is 0 Å². The molecule has 5 nitrogen and oxygen atoms in total. The van der Waals surface area contributed by atoms with E-state index in [1.807, 2.05) is 54.6 Å². The van der Waals surface area contributed by atoms with Crippen molar-refractivity contribution in [3.8, 4) is 11.5 Å². The van der Waals surface area contributed by atoms with Gasteiger partial charge in [-0.25, -0.2) is 0 Å². The van der Waals surface area contributed by atoms with Gasteiger partial charge in [-0.15, -0.1) is 0 Å². The van der Waals surface area contributed by atoms with Gasteiger partial charge in [-0.05, 0) is 54.4 Å². The van der Waals surface area contributed by atoms with Crippen LogP contribution in [0, 0.1) is 0 Å². The number of aryl methyl sites for hydroxylation is 1. The van der Waals surface area contributed by atoms with Gasteiger partial charge in [-0.2, -0.15) is 0 Å². The number of anilines is 2. The quantitative estimate of drug-likeness (QED) is 0.726. The third-order valence-corrected chi connectivity index (χ3v) is 4.78. The molecule has 0 aliphatic carbocycles. The summed E-state index contributed by atoms with van der Waals surface area (Å²) in [4.78, 5) is 26.3. The summed E-state index contributed by atoms with van der Waals surface area (Å²) < 4.78 is 5.88. The molecule has 0 unspecified atom stereocenters. The van der Waals surface area contributed by atoms with Gasteiger partial charge >= 0.3 is 0 Å². The number of hydrogen-bond donors (Lipinski definition) is 1. The monoisotopic (exact) mass is 372 g/mol. The van der Waals surface area contributed by atoms with E-state index in [2.05, 4.69) is 5.32 Å². The number of fused-ring (bicyclic) bond motifs is 1. The summed E-state index contributed by atoms with van der Waals surface area (Å²) in [5, 5.41) is 2.94. The molecule has 0 radical (unpaired) electrons. The molecule has 1 aliphatic heterocycles. The van der Waals surface area contributed by atoms with Gasteiger partial charge in [-0.3, -0.25) is 9.59 Å². The van der Waals surface area contributed by atoms with Gasteiger partial charge in [0.15, 0.2) is 0 Å². The SMILES string of the molecule is CN1C(=O)CCc2cc(NC(=O)c3ccccc3Oc3ccccc3)ccc21. The minimum atomic E-state index is -0.244. The molecule has 0 bridgehead atoms. The van der Waals surface area contributed by atoms with Crippen LogP contribution in [0.5, 0.6) is 11.5 Å². The first-order valence-electron chi connectivity index (χ1n) is 9.14. The number of nitrogens with one attached hydrogen (secondary N) is 1. The second kappa shape index (κ2) is 7.56. The van der Waals surface area contributed by atoms with E-state index in [0.29, 0.717) is 35.6 Å². The molecule has 0 saturated heterocycles. The summed E-state index contributed by atoms with van der Waals surface area (Å²) in [6.07, 6.45) is 1.16. The molecule has 0 fully saturated rings. The first kappa shape index (κ1) is 17.8. The Morgan fingerprint density at radius 2 is 1.71 bits per heavy atom. The zero-order valence-electron chi connectivity index (χ0n) is 15.5. The van der Waals surface area contributed by atoms with Crippen LogP contribution in [0.3, 0.4) is 0 Å². The normalized spacial score (nSPS) is 13.0. The topological polar surface area (TPSA) is 58.6 Å². The van der Waals surface area contributed by atoms with E-state index in [9.17, 15) is 9.59 Å². The van der Waals surface area contributed by atoms with Crippen molar-refractivity contribution < 1.29 is 14.3 Å². The van der Waals surface area contributed by atoms with Crippen LogP contribution in [0.25, 0.3) is 0 Å². The standard InChI is InChI=1S/C23H20N2O3/c1-25-20-13-12-17(15-16(20)11-14-22(25)26)24-23(27)19-9-5-6-10-21(19)28-18-7-3-2-4-8-18/h2-10,12-13,15H,11,14H2,1H3,(H,24,27). The van der Waals surface area contributed by atoms with Crippen molar-refractivity contribution in [3.63, 3.8) is 0 Å². The first-order valence-corrected chi connectivity index (χ1v) is 9.14. The summed E-state index contributed by atoms with van der Waals surface area (Å²) in [7, 11) is 1.77. The van der Waals surface area contributed by atoms with Crippen molar-refractivity contribution in [3.05, 3.63) is 83.9 Å². The second-order valence-corrected chi connectivity index (χ2v) is 6.66. The van der Waals surface area contributed by atoms with E-state index in [-0.39, 0.29) is 11.8 Å². The number of rotatable bonds is 4. The molecule has 4 rings (SSSR count). The van der Waals surface area contributed by atoms with Crippen molar-refractivity contribution in [2.45, 2.75) is 12.8 Å². The predicted octanol–water partition coefficient (Wildman–Crippen LogP) is 4.64. The third kappa shape index (κ3) is 3.60. The molecular weight excluding hydrogens is 352 g/mol. The Balaban J connectivity index is 1.56. The Hall–Kier alpha value is -3.60. The molecule has 5 heteroatoms. The van der Waals surface area contributed by atoms with Crippen molar-refractivity contribution >= 4 is 23.2 Å². The number of carbonyl (C=O) groups excluding carboxylic acids is 2. The molecule has 1 N–H and O–H groups in total. The summed E-state index contributed by atoms with van der Waals surface area (Å²) in [6, 6.07) is 22.1. The second-order valence-electron chi connectivity index (χ2n) is 6.66. The van der Waals surface area contributed by atoms with Crippen LogP contribution in [-0.4, -0.2) is 18.9 Å². The smallest absolute Gasteiger partial charge is 0.259 e. The first-order chi connectivity index (χ1) is 13.6. The van der Waals surface area contributed by atoms with Crippen LogP contribution in [0.1, 0.15) is 22.3 Å². The Morgan fingerprint density at radius 3 is 2.54 bits per heavy atom. The number of nitrogens with zero attached hydrogens (tertiary/aromatic N) is 1. The number of benzene rings is 3. The zero-order valence-corrected chi connectivity index (χ0v) is 15.5. The molecule has 0 aromatic heterocycles. The van der Waals surface area contributed by atoms with Gasteiger partial charge in [0.2, 0.25) is 5.91 Å². The Labute approximate surface area is 163 Å². The fourth-order valence-corrected chi connectivity index (χ4v) is 3.29. The highest BCUT2D eigenvalue weighted by Crippen LogP contribution is 2.30. The maximum absolute atomic E-state index is 12.9. The molecular formula is C23H20N2O3. The molecule has 0 spiro atoms. The van der Waals surface area contributed by atoms with E-state index in [1.54, 1.807) is 30.1 Å².